The average molecular weight is 423 g/mol. The van der Waals surface area contributed by atoms with E-state index in [2.05, 4.69) is 0 Å². The second-order valence-corrected chi connectivity index (χ2v) is 8.94. The van der Waals surface area contributed by atoms with E-state index >= 15 is 0 Å². The molecular weight excluding hydrogens is 395 g/mol. The van der Waals surface area contributed by atoms with Gasteiger partial charge in [0.2, 0.25) is 11.8 Å². The summed E-state index contributed by atoms with van der Waals surface area (Å²) in [6.45, 7) is 1.08. The molecule has 164 valence electrons. The Morgan fingerprint density at radius 2 is 1.60 bits per heavy atom. The maximum absolute atomic E-state index is 13.8. The quantitative estimate of drug-likeness (QED) is 0.741. The van der Waals surface area contributed by atoms with Gasteiger partial charge >= 0.3 is 0 Å². The van der Waals surface area contributed by atoms with Gasteiger partial charge in [-0.2, -0.15) is 0 Å². The molecule has 0 unspecified atom stereocenters. The highest BCUT2D eigenvalue weighted by molar-refractivity contribution is 5.82. The van der Waals surface area contributed by atoms with E-state index in [4.69, 9.17) is 5.73 Å². The summed E-state index contributed by atoms with van der Waals surface area (Å²) in [7, 11) is 0. The highest BCUT2D eigenvalue weighted by Crippen LogP contribution is 2.35. The number of carbonyl (C=O) groups is 2. The van der Waals surface area contributed by atoms with E-state index in [1.165, 1.54) is 6.42 Å². The molecular formula is C22H28F3N3O2. The molecule has 2 bridgehead atoms. The Labute approximate surface area is 174 Å². The highest BCUT2D eigenvalue weighted by Gasteiger charge is 2.48. The number of piperazine rings is 1. The lowest BCUT2D eigenvalue weighted by Gasteiger charge is -2.37. The lowest BCUT2D eigenvalue weighted by Crippen LogP contribution is -2.52. The van der Waals surface area contributed by atoms with Gasteiger partial charge in [0.15, 0.2) is 11.6 Å². The molecule has 1 aromatic carbocycles. The average Bonchev–Trinajstić information content (AvgIpc) is 3.33. The number of nitrogens with zero attached hydrogens (tertiary/aromatic N) is 2. The fourth-order valence-electron chi connectivity index (χ4n) is 5.24. The fourth-order valence-corrected chi connectivity index (χ4v) is 5.24. The normalized spacial score (nSPS) is 25.1. The molecule has 0 aromatic heterocycles. The summed E-state index contributed by atoms with van der Waals surface area (Å²) < 4.78 is 40.3. The van der Waals surface area contributed by atoms with E-state index in [1.54, 1.807) is 4.90 Å². The molecule has 3 fully saturated rings. The van der Waals surface area contributed by atoms with Crippen molar-refractivity contribution in [3.8, 4) is 0 Å². The molecule has 2 saturated heterocycles. The van der Waals surface area contributed by atoms with Crippen molar-refractivity contribution in [2.24, 2.45) is 11.7 Å². The van der Waals surface area contributed by atoms with E-state index in [-0.39, 0.29) is 48.2 Å². The standard InChI is InChI=1S/C22H28F3N3O2/c23-18-10-20(25)19(24)7-14(18)6-15(26)8-21(29)27-11-17-9-16(27)12-28(17)22(30)13-4-2-1-3-5-13/h7,10,13,15-17H,1-6,8-9,11-12,26H2/t15-,16-,17-/m1/s1. The van der Waals surface area contributed by atoms with Crippen molar-refractivity contribution in [2.75, 3.05) is 13.1 Å². The van der Waals surface area contributed by atoms with Crippen LogP contribution >= 0.6 is 0 Å². The van der Waals surface area contributed by atoms with E-state index < -0.39 is 23.5 Å². The third-order valence-electron chi connectivity index (χ3n) is 6.81. The van der Waals surface area contributed by atoms with Crippen LogP contribution in [-0.2, 0) is 16.0 Å². The van der Waals surface area contributed by atoms with Crippen molar-refractivity contribution in [1.82, 2.24) is 9.80 Å². The minimum absolute atomic E-state index is 0.00176. The number of nitrogens with two attached hydrogens (primary N) is 1. The van der Waals surface area contributed by atoms with Gasteiger partial charge in [-0.15, -0.1) is 0 Å². The van der Waals surface area contributed by atoms with Gasteiger partial charge in [-0.1, -0.05) is 19.3 Å². The van der Waals surface area contributed by atoms with Crippen LogP contribution in [-0.4, -0.2) is 52.8 Å². The number of amides is 2. The maximum atomic E-state index is 13.8. The second kappa shape index (κ2) is 8.57. The molecule has 0 radical (unpaired) electrons. The molecule has 5 nitrogen and oxygen atoms in total. The van der Waals surface area contributed by atoms with Gasteiger partial charge in [-0.25, -0.2) is 13.2 Å². The number of carbonyl (C=O) groups excluding carboxylic acids is 2. The zero-order chi connectivity index (χ0) is 21.4. The van der Waals surface area contributed by atoms with Gasteiger partial charge in [0.1, 0.15) is 5.82 Å². The first-order chi connectivity index (χ1) is 14.3. The van der Waals surface area contributed by atoms with E-state index in [0.29, 0.717) is 19.2 Å². The van der Waals surface area contributed by atoms with Crippen LogP contribution in [0.15, 0.2) is 12.1 Å². The lowest BCUT2D eigenvalue weighted by molar-refractivity contribution is -0.143. The van der Waals surface area contributed by atoms with Gasteiger partial charge in [0, 0.05) is 37.5 Å². The predicted molar refractivity (Wildman–Crippen MR) is 105 cm³/mol. The lowest BCUT2D eigenvalue weighted by atomic mass is 9.88. The number of fused-ring (bicyclic) bond motifs is 2. The minimum Gasteiger partial charge on any atom is -0.336 e. The van der Waals surface area contributed by atoms with Crippen LogP contribution in [0.4, 0.5) is 13.2 Å². The first-order valence-electron chi connectivity index (χ1n) is 10.8. The molecule has 30 heavy (non-hydrogen) atoms. The van der Waals surface area contributed by atoms with E-state index in [1.807, 2.05) is 4.90 Å². The molecule has 0 spiro atoms. The van der Waals surface area contributed by atoms with Gasteiger partial charge in [0.05, 0.1) is 12.1 Å². The fraction of sp³-hybridized carbons (Fsp3) is 0.636. The Kier molecular flexibility index (Phi) is 6.04. The molecule has 2 heterocycles. The maximum Gasteiger partial charge on any atom is 0.226 e. The van der Waals surface area contributed by atoms with Crippen LogP contribution in [0.1, 0.15) is 50.5 Å². The van der Waals surface area contributed by atoms with Gasteiger partial charge in [-0.3, -0.25) is 9.59 Å². The topological polar surface area (TPSA) is 66.6 Å². The molecule has 3 atom stereocenters. The van der Waals surface area contributed by atoms with Crippen molar-refractivity contribution in [3.05, 3.63) is 35.1 Å². The zero-order valence-electron chi connectivity index (χ0n) is 17.0. The summed E-state index contributed by atoms with van der Waals surface area (Å²) in [6, 6.07) is 0.657. The zero-order valence-corrected chi connectivity index (χ0v) is 17.0. The number of hydrogen-bond acceptors (Lipinski definition) is 3. The molecule has 2 N–H and O–H groups in total. The third-order valence-corrected chi connectivity index (χ3v) is 6.81. The summed E-state index contributed by atoms with van der Waals surface area (Å²) in [5.41, 5.74) is 5.97. The van der Waals surface area contributed by atoms with Crippen molar-refractivity contribution in [1.29, 1.82) is 0 Å². The number of benzene rings is 1. The minimum atomic E-state index is -1.25. The smallest absolute Gasteiger partial charge is 0.226 e. The third kappa shape index (κ3) is 4.19. The van der Waals surface area contributed by atoms with Gasteiger partial charge in [0.25, 0.3) is 0 Å². The van der Waals surface area contributed by atoms with Crippen LogP contribution in [0.2, 0.25) is 0 Å². The van der Waals surface area contributed by atoms with Crippen LogP contribution < -0.4 is 5.73 Å². The molecule has 3 aliphatic rings. The summed E-state index contributed by atoms with van der Waals surface area (Å²) >= 11 is 0. The van der Waals surface area contributed by atoms with Crippen molar-refractivity contribution < 1.29 is 22.8 Å². The van der Waals surface area contributed by atoms with Gasteiger partial charge in [-0.05, 0) is 37.3 Å². The summed E-state index contributed by atoms with van der Waals surface area (Å²) in [5.74, 6) is -3.02. The Morgan fingerprint density at radius 1 is 0.967 bits per heavy atom. The number of hydrogen-bond donors (Lipinski definition) is 1. The van der Waals surface area contributed by atoms with Crippen molar-refractivity contribution in [2.45, 2.75) is 69.5 Å². The van der Waals surface area contributed by atoms with E-state index in [0.717, 1.165) is 38.2 Å². The van der Waals surface area contributed by atoms with E-state index in [9.17, 15) is 22.8 Å². The molecule has 4 rings (SSSR count). The Bertz CT molecular complexity index is 828. The molecule has 8 heteroatoms. The number of halogens is 3. The van der Waals surface area contributed by atoms with Gasteiger partial charge < -0.3 is 15.5 Å². The molecule has 2 amide bonds. The second-order valence-electron chi connectivity index (χ2n) is 8.94. The molecule has 1 saturated carbocycles. The Balaban J connectivity index is 1.30. The number of rotatable bonds is 5. The highest BCUT2D eigenvalue weighted by atomic mass is 19.2. The largest absolute Gasteiger partial charge is 0.336 e. The summed E-state index contributed by atoms with van der Waals surface area (Å²) in [6.07, 6.45) is 6.08. The first kappa shape index (κ1) is 21.2. The predicted octanol–water partition coefficient (Wildman–Crippen LogP) is 2.76. The SMILES string of the molecule is N[C@@H](CC(=O)N1C[C@H]2C[C@@H]1CN2C(=O)C1CCCCC1)Cc1cc(F)c(F)cc1F. The van der Waals surface area contributed by atoms with Crippen molar-refractivity contribution >= 4 is 11.8 Å². The van der Waals surface area contributed by atoms with Crippen LogP contribution in [0.5, 0.6) is 0 Å². The van der Waals surface area contributed by atoms with Crippen molar-refractivity contribution in [3.63, 3.8) is 0 Å². The van der Waals surface area contributed by atoms with Crippen LogP contribution in [0.3, 0.4) is 0 Å². The molecule has 1 aliphatic carbocycles. The molecule has 2 aliphatic heterocycles. The summed E-state index contributed by atoms with van der Waals surface area (Å²) in [5, 5.41) is 0. The number of likely N-dealkylation sites (tertiary alicyclic amines) is 2. The Morgan fingerprint density at radius 3 is 2.27 bits per heavy atom. The summed E-state index contributed by atoms with van der Waals surface area (Å²) in [4.78, 5) is 29.3. The Hall–Kier alpha value is -2.09. The molecule has 1 aromatic rings. The monoisotopic (exact) mass is 423 g/mol. The van der Waals surface area contributed by atoms with Crippen LogP contribution in [0.25, 0.3) is 0 Å². The van der Waals surface area contributed by atoms with Crippen LogP contribution in [0, 0.1) is 23.4 Å². The first-order valence-corrected chi connectivity index (χ1v) is 10.8.